The van der Waals surface area contributed by atoms with Gasteiger partial charge < -0.3 is 20.5 Å². The van der Waals surface area contributed by atoms with Gasteiger partial charge >= 0.3 is 0 Å². The molecule has 0 fully saturated rings. The Hall–Kier alpha value is -3.70. The van der Waals surface area contributed by atoms with Crippen molar-refractivity contribution in [2.75, 3.05) is 22.5 Å². The van der Waals surface area contributed by atoms with Crippen LogP contribution in [0.3, 0.4) is 0 Å². The molecule has 1 heterocycles. The third kappa shape index (κ3) is 4.80. The van der Waals surface area contributed by atoms with Gasteiger partial charge in [0.25, 0.3) is 15.9 Å². The highest BCUT2D eigenvalue weighted by molar-refractivity contribution is 8.01. The van der Waals surface area contributed by atoms with Gasteiger partial charge in [-0.25, -0.2) is 8.42 Å². The van der Waals surface area contributed by atoms with Crippen LogP contribution >= 0.6 is 11.8 Å². The fraction of sp³-hybridized carbons (Fsp3) is 0.130. The first-order chi connectivity index (χ1) is 16.2. The quantitative estimate of drug-likeness (QED) is 0.378. The average Bonchev–Trinajstić information content (AvgIpc) is 2.81. The summed E-state index contributed by atoms with van der Waals surface area (Å²) in [4.78, 5) is 25.4. The van der Waals surface area contributed by atoms with Crippen molar-refractivity contribution >= 4 is 50.7 Å². The number of carbonyl (C=O) groups is 2. The van der Waals surface area contributed by atoms with Gasteiger partial charge in [0.2, 0.25) is 5.91 Å². The second-order valence-corrected chi connectivity index (χ2v) is 10.5. The molecule has 0 radical (unpaired) electrons. The summed E-state index contributed by atoms with van der Waals surface area (Å²) in [6.45, 7) is 1.79. The molecule has 1 atom stereocenters. The number of thioether (sulfide) groups is 1. The van der Waals surface area contributed by atoms with E-state index in [9.17, 15) is 23.1 Å². The predicted octanol–water partition coefficient (Wildman–Crippen LogP) is 3.89. The Bertz CT molecular complexity index is 1390. The zero-order valence-electron chi connectivity index (χ0n) is 18.2. The molecule has 0 aliphatic carbocycles. The lowest BCUT2D eigenvalue weighted by Crippen LogP contribution is -2.26. The number of amides is 2. The molecule has 0 spiro atoms. The largest absolute Gasteiger partial charge is 0.506 e. The third-order valence-electron chi connectivity index (χ3n) is 5.05. The number of nitrogens with one attached hydrogen (secondary N) is 3. The molecule has 4 rings (SSSR count). The van der Waals surface area contributed by atoms with Crippen molar-refractivity contribution in [1.29, 1.82) is 0 Å². The minimum Gasteiger partial charge on any atom is -0.506 e. The number of rotatable bonds is 6. The fourth-order valence-electron chi connectivity index (χ4n) is 3.26. The Balaban J connectivity index is 1.57. The number of sulfonamides is 1. The molecular formula is C23H21N3O6S2. The van der Waals surface area contributed by atoms with Crippen LogP contribution in [0.25, 0.3) is 0 Å². The van der Waals surface area contributed by atoms with Crippen molar-refractivity contribution in [3.63, 3.8) is 0 Å². The second kappa shape index (κ2) is 9.27. The number of ether oxygens (including phenoxy) is 1. The minimum atomic E-state index is -4.05. The Kier molecular flexibility index (Phi) is 6.40. The van der Waals surface area contributed by atoms with Crippen molar-refractivity contribution in [2.24, 2.45) is 0 Å². The first-order valence-corrected chi connectivity index (χ1v) is 12.5. The maximum atomic E-state index is 12.9. The lowest BCUT2D eigenvalue weighted by molar-refractivity contribution is -0.115. The normalized spacial score (nSPS) is 15.1. The molecule has 11 heteroatoms. The van der Waals surface area contributed by atoms with Gasteiger partial charge in [-0.2, -0.15) is 0 Å². The predicted molar refractivity (Wildman–Crippen MR) is 130 cm³/mol. The molecule has 2 amide bonds. The zero-order chi connectivity index (χ0) is 24.5. The van der Waals surface area contributed by atoms with Crippen LogP contribution in [0.2, 0.25) is 0 Å². The van der Waals surface area contributed by atoms with Gasteiger partial charge in [-0.3, -0.25) is 14.3 Å². The minimum absolute atomic E-state index is 0.0855. The number of hydrogen-bond acceptors (Lipinski definition) is 7. The van der Waals surface area contributed by atoms with E-state index in [0.29, 0.717) is 11.4 Å². The van der Waals surface area contributed by atoms with Gasteiger partial charge in [-0.1, -0.05) is 12.1 Å². The van der Waals surface area contributed by atoms with Crippen molar-refractivity contribution in [1.82, 2.24) is 0 Å². The van der Waals surface area contributed by atoms with E-state index in [1.54, 1.807) is 43.3 Å². The maximum absolute atomic E-state index is 12.9. The van der Waals surface area contributed by atoms with Gasteiger partial charge in [-0.05, 0) is 55.5 Å². The summed E-state index contributed by atoms with van der Waals surface area (Å²) in [6, 6.07) is 14.9. The van der Waals surface area contributed by atoms with Crippen LogP contribution in [0.5, 0.6) is 11.5 Å². The van der Waals surface area contributed by atoms with Crippen LogP contribution in [-0.4, -0.2) is 37.7 Å². The van der Waals surface area contributed by atoms with Crippen molar-refractivity contribution in [3.8, 4) is 11.5 Å². The summed E-state index contributed by atoms with van der Waals surface area (Å²) in [5.41, 5.74) is 0.904. The molecule has 34 heavy (non-hydrogen) atoms. The number of benzene rings is 3. The van der Waals surface area contributed by atoms with Crippen molar-refractivity contribution in [3.05, 3.63) is 66.2 Å². The van der Waals surface area contributed by atoms with Crippen LogP contribution < -0.4 is 20.1 Å². The van der Waals surface area contributed by atoms with E-state index < -0.39 is 15.9 Å². The lowest BCUT2D eigenvalue weighted by atomic mass is 10.1. The van der Waals surface area contributed by atoms with E-state index in [1.165, 1.54) is 37.1 Å². The van der Waals surface area contributed by atoms with E-state index >= 15 is 0 Å². The smallest absolute Gasteiger partial charge is 0.262 e. The molecule has 4 N–H and O–H groups in total. The maximum Gasteiger partial charge on any atom is 0.262 e. The number of anilines is 3. The van der Waals surface area contributed by atoms with Gasteiger partial charge in [0.05, 0.1) is 34.3 Å². The van der Waals surface area contributed by atoms with Crippen molar-refractivity contribution < 1.29 is 27.9 Å². The highest BCUT2D eigenvalue weighted by Gasteiger charge is 2.24. The van der Waals surface area contributed by atoms with Gasteiger partial charge in [0, 0.05) is 10.5 Å². The number of para-hydroxylation sites is 2. The van der Waals surface area contributed by atoms with E-state index in [0.717, 1.165) is 11.0 Å². The number of aromatic hydroxyl groups is 1. The number of methoxy groups -OCH3 is 1. The second-order valence-electron chi connectivity index (χ2n) is 7.40. The molecule has 1 aliphatic heterocycles. The summed E-state index contributed by atoms with van der Waals surface area (Å²) in [5, 5.41) is 15.3. The number of fused-ring (bicyclic) bond motifs is 1. The van der Waals surface area contributed by atoms with Crippen LogP contribution in [-0.2, 0) is 14.8 Å². The van der Waals surface area contributed by atoms with Crippen LogP contribution in [0.4, 0.5) is 17.1 Å². The molecule has 1 unspecified atom stereocenters. The van der Waals surface area contributed by atoms with E-state index in [2.05, 4.69) is 15.4 Å². The molecular weight excluding hydrogens is 478 g/mol. The molecule has 0 saturated heterocycles. The average molecular weight is 500 g/mol. The lowest BCUT2D eigenvalue weighted by Gasteiger charge is -2.21. The fourth-order valence-corrected chi connectivity index (χ4v) is 5.29. The van der Waals surface area contributed by atoms with Crippen molar-refractivity contribution in [2.45, 2.75) is 22.0 Å². The highest BCUT2D eigenvalue weighted by Crippen LogP contribution is 2.36. The Morgan fingerprint density at radius 1 is 1.09 bits per heavy atom. The molecule has 0 saturated carbocycles. The topological polar surface area (TPSA) is 134 Å². The molecule has 0 bridgehead atoms. The SMILES string of the molecule is COc1ccccc1NS(=O)(=O)c1ccc(O)c(NC(=O)c2ccc3c(c2)NC(=O)C(C)S3)c1. The van der Waals surface area contributed by atoms with Gasteiger partial charge in [0.15, 0.2) is 0 Å². The molecule has 3 aromatic carbocycles. The standard InChI is InChI=1S/C23H21N3O6S2/c1-13-22(28)25-18-11-14(7-10-21(18)33-13)23(29)24-17-12-15(8-9-19(17)27)34(30,31)26-16-5-3-4-6-20(16)32-2/h3-13,26-27H,1-2H3,(H,24,29)(H,25,28). The van der Waals surface area contributed by atoms with Crippen LogP contribution in [0.15, 0.2) is 70.5 Å². The molecule has 1 aliphatic rings. The molecule has 176 valence electrons. The number of phenolic OH excluding ortho intramolecular Hbond substituents is 1. The summed E-state index contributed by atoms with van der Waals surface area (Å²) < 4.78 is 33.4. The van der Waals surface area contributed by atoms with E-state index in [4.69, 9.17) is 4.74 Å². The summed E-state index contributed by atoms with van der Waals surface area (Å²) in [6.07, 6.45) is 0. The number of phenols is 1. The summed E-state index contributed by atoms with van der Waals surface area (Å²) >= 11 is 1.39. The van der Waals surface area contributed by atoms with Crippen LogP contribution in [0, 0.1) is 0 Å². The van der Waals surface area contributed by atoms with E-state index in [-0.39, 0.29) is 38.7 Å². The Morgan fingerprint density at radius 2 is 1.85 bits per heavy atom. The molecule has 0 aromatic heterocycles. The zero-order valence-corrected chi connectivity index (χ0v) is 19.8. The number of carbonyl (C=O) groups excluding carboxylic acids is 2. The van der Waals surface area contributed by atoms with Gasteiger partial charge in [-0.15, -0.1) is 11.8 Å². The monoisotopic (exact) mass is 499 g/mol. The highest BCUT2D eigenvalue weighted by atomic mass is 32.2. The first kappa shape index (κ1) is 23.5. The Morgan fingerprint density at radius 3 is 2.62 bits per heavy atom. The van der Waals surface area contributed by atoms with Gasteiger partial charge in [0.1, 0.15) is 11.5 Å². The molecule has 9 nitrogen and oxygen atoms in total. The number of hydrogen-bond donors (Lipinski definition) is 4. The first-order valence-electron chi connectivity index (χ1n) is 10.1. The van der Waals surface area contributed by atoms with Crippen LogP contribution in [0.1, 0.15) is 17.3 Å². The third-order valence-corrected chi connectivity index (χ3v) is 7.59. The summed E-state index contributed by atoms with van der Waals surface area (Å²) in [5.74, 6) is -0.706. The summed E-state index contributed by atoms with van der Waals surface area (Å²) in [7, 11) is -2.63. The molecule has 3 aromatic rings. The van der Waals surface area contributed by atoms with E-state index in [1.807, 2.05) is 0 Å². The Labute approximate surface area is 200 Å².